The molecule has 0 aliphatic carbocycles. The lowest BCUT2D eigenvalue weighted by molar-refractivity contribution is -0.203. The van der Waals surface area contributed by atoms with Crippen LogP contribution >= 0.6 is 69.6 Å². The van der Waals surface area contributed by atoms with Crippen molar-refractivity contribution in [3.8, 4) is 0 Å². The highest BCUT2D eigenvalue weighted by atomic mass is 35.6. The van der Waals surface area contributed by atoms with Gasteiger partial charge in [0.1, 0.15) is 13.2 Å². The van der Waals surface area contributed by atoms with Gasteiger partial charge in [-0.2, -0.15) is 5.01 Å². The predicted octanol–water partition coefficient (Wildman–Crippen LogP) is 5.67. The topological polar surface area (TPSA) is 76.2 Å². The lowest BCUT2D eigenvalue weighted by atomic mass is 9.81. The molecule has 166 valence electrons. The summed E-state index contributed by atoms with van der Waals surface area (Å²) in [5.74, 6) is -0.726. The van der Waals surface area contributed by atoms with Gasteiger partial charge in [-0.05, 0) is 18.9 Å². The highest BCUT2D eigenvalue weighted by Gasteiger charge is 2.65. The zero-order valence-electron chi connectivity index (χ0n) is 15.6. The fourth-order valence-electron chi connectivity index (χ4n) is 2.95. The van der Waals surface area contributed by atoms with Gasteiger partial charge in [0, 0.05) is 0 Å². The fourth-order valence-corrected chi connectivity index (χ4v) is 3.27. The van der Waals surface area contributed by atoms with Crippen LogP contribution in [0.2, 0.25) is 0 Å². The molecule has 1 heterocycles. The maximum Gasteiger partial charge on any atom is 0.436 e. The maximum absolute atomic E-state index is 13.1. The number of amides is 3. The van der Waals surface area contributed by atoms with E-state index in [0.717, 1.165) is 10.6 Å². The Morgan fingerprint density at radius 3 is 2.00 bits per heavy atom. The fraction of sp³-hybridized carbons (Fsp3) is 0.471. The van der Waals surface area contributed by atoms with Crippen molar-refractivity contribution in [2.24, 2.45) is 0 Å². The van der Waals surface area contributed by atoms with Gasteiger partial charge < -0.3 is 9.47 Å². The molecular formula is C17H16Cl6N2O5. The number of hydrogen-bond donors (Lipinski definition) is 0. The Kier molecular flexibility index (Phi) is 7.92. The van der Waals surface area contributed by atoms with Crippen LogP contribution in [0.15, 0.2) is 24.3 Å². The summed E-state index contributed by atoms with van der Waals surface area (Å²) in [7, 11) is 0. The van der Waals surface area contributed by atoms with Crippen LogP contribution in [0.25, 0.3) is 0 Å². The molecule has 0 saturated carbocycles. The van der Waals surface area contributed by atoms with E-state index in [0.29, 0.717) is 10.6 Å². The van der Waals surface area contributed by atoms with Crippen LogP contribution in [-0.2, 0) is 19.8 Å². The molecule has 1 aliphatic rings. The second kappa shape index (κ2) is 9.35. The molecule has 7 nitrogen and oxygen atoms in total. The smallest absolute Gasteiger partial charge is 0.436 e. The van der Waals surface area contributed by atoms with Gasteiger partial charge in [0.15, 0.2) is 5.54 Å². The van der Waals surface area contributed by atoms with Gasteiger partial charge in [0.05, 0.1) is 0 Å². The summed E-state index contributed by atoms with van der Waals surface area (Å²) in [6, 6.07) is 6.88. The third-order valence-electron chi connectivity index (χ3n) is 4.18. The average Bonchev–Trinajstić information content (AvgIpc) is 2.62. The van der Waals surface area contributed by atoms with Crippen LogP contribution in [0.1, 0.15) is 24.5 Å². The van der Waals surface area contributed by atoms with Crippen molar-refractivity contribution in [3.05, 3.63) is 35.4 Å². The van der Waals surface area contributed by atoms with Crippen molar-refractivity contribution in [2.45, 2.75) is 33.4 Å². The van der Waals surface area contributed by atoms with E-state index >= 15 is 0 Å². The quantitative estimate of drug-likeness (QED) is 0.460. The Morgan fingerprint density at radius 2 is 1.53 bits per heavy atom. The summed E-state index contributed by atoms with van der Waals surface area (Å²) in [6.45, 7) is 2.21. The monoisotopic (exact) mass is 538 g/mol. The highest BCUT2D eigenvalue weighted by Crippen LogP contribution is 2.45. The van der Waals surface area contributed by atoms with E-state index in [4.69, 9.17) is 79.1 Å². The van der Waals surface area contributed by atoms with Gasteiger partial charge in [-0.1, -0.05) is 106 Å². The molecule has 1 saturated heterocycles. The van der Waals surface area contributed by atoms with Crippen LogP contribution in [0.5, 0.6) is 0 Å². The minimum Gasteiger partial charge on any atom is -0.444 e. The first-order chi connectivity index (χ1) is 13.7. The van der Waals surface area contributed by atoms with Gasteiger partial charge in [-0.3, -0.25) is 4.79 Å². The summed E-state index contributed by atoms with van der Waals surface area (Å²) in [5, 5.41) is 1.27. The SMILES string of the molecule is CC[C@@]1(c2cccc(C)c2)C(=O)N(C(=O)OCC(Cl)(Cl)Cl)N1C(=O)OCC(Cl)(Cl)Cl. The molecule has 1 aromatic carbocycles. The third kappa shape index (κ3) is 5.50. The molecule has 0 bridgehead atoms. The van der Waals surface area contributed by atoms with Crippen LogP contribution in [-0.4, -0.2) is 48.9 Å². The van der Waals surface area contributed by atoms with E-state index in [1.165, 1.54) is 0 Å². The van der Waals surface area contributed by atoms with E-state index in [1.807, 2.05) is 13.0 Å². The van der Waals surface area contributed by atoms with Crippen molar-refractivity contribution in [3.63, 3.8) is 0 Å². The summed E-state index contributed by atoms with van der Waals surface area (Å²) >= 11 is 33.6. The van der Waals surface area contributed by atoms with Gasteiger partial charge in [0.25, 0.3) is 5.91 Å². The summed E-state index contributed by atoms with van der Waals surface area (Å²) in [4.78, 5) is 38.4. The normalized spacial score (nSPS) is 19.4. The van der Waals surface area contributed by atoms with Crippen LogP contribution in [0.4, 0.5) is 9.59 Å². The number of aryl methyl sites for hydroxylation is 1. The first kappa shape index (κ1) is 25.4. The number of carbonyl (C=O) groups is 3. The Morgan fingerprint density at radius 1 is 1.00 bits per heavy atom. The van der Waals surface area contributed by atoms with E-state index in [1.54, 1.807) is 25.1 Å². The van der Waals surface area contributed by atoms with Gasteiger partial charge in [-0.25, -0.2) is 9.59 Å². The molecule has 0 N–H and O–H groups in total. The summed E-state index contributed by atoms with van der Waals surface area (Å²) in [6.07, 6.45) is -2.21. The zero-order chi connectivity index (χ0) is 22.9. The molecule has 1 aliphatic heterocycles. The van der Waals surface area contributed by atoms with Crippen molar-refractivity contribution in [2.75, 3.05) is 13.2 Å². The molecule has 2 rings (SSSR count). The number of carbonyl (C=O) groups excluding carboxylic acids is 3. The first-order valence-corrected chi connectivity index (χ1v) is 10.7. The number of imide groups is 1. The van der Waals surface area contributed by atoms with Crippen LogP contribution in [0.3, 0.4) is 0 Å². The van der Waals surface area contributed by atoms with Crippen LogP contribution in [0, 0.1) is 6.92 Å². The molecule has 13 heteroatoms. The van der Waals surface area contributed by atoms with Crippen molar-refractivity contribution in [1.29, 1.82) is 0 Å². The molecule has 0 aromatic heterocycles. The van der Waals surface area contributed by atoms with Gasteiger partial charge in [-0.15, -0.1) is 5.01 Å². The number of nitrogens with zero attached hydrogens (tertiary/aromatic N) is 2. The number of hydrazine groups is 1. The number of benzene rings is 1. The minimum atomic E-state index is -1.91. The van der Waals surface area contributed by atoms with Gasteiger partial charge >= 0.3 is 12.2 Å². The average molecular weight is 541 g/mol. The number of halogens is 6. The Bertz CT molecular complexity index is 841. The molecule has 0 spiro atoms. The van der Waals surface area contributed by atoms with Crippen molar-refractivity contribution in [1.82, 2.24) is 10.0 Å². The largest absolute Gasteiger partial charge is 0.444 e. The Balaban J connectivity index is 2.42. The maximum atomic E-state index is 13.1. The van der Waals surface area contributed by atoms with Crippen molar-refractivity contribution < 1.29 is 23.9 Å². The van der Waals surface area contributed by atoms with Crippen LogP contribution < -0.4 is 0 Å². The number of ether oxygens (including phenoxy) is 2. The molecule has 1 fully saturated rings. The number of rotatable bonds is 4. The third-order valence-corrected chi connectivity index (χ3v) is 4.83. The lowest BCUT2D eigenvalue weighted by Gasteiger charge is -2.54. The number of alkyl halides is 6. The summed E-state index contributed by atoms with van der Waals surface area (Å²) in [5.41, 5.74) is -0.235. The second-order valence-corrected chi connectivity index (χ2v) is 11.4. The minimum absolute atomic E-state index is 0.117. The Labute approximate surface area is 202 Å². The molecule has 1 atom stereocenters. The second-order valence-electron chi connectivity index (χ2n) is 6.35. The summed E-state index contributed by atoms with van der Waals surface area (Å²) < 4.78 is 6.04. The molecule has 3 amide bonds. The standard InChI is InChI=1S/C17H16Cl6N2O5/c1-3-15(11-6-4-5-10(2)7-11)12(26)24(13(27)29-8-16(18,19)20)25(15)14(28)30-9-17(21,22)23/h4-7H,3,8-9H2,1-2H3/t15-/m1/s1. The van der Waals surface area contributed by atoms with Crippen molar-refractivity contribution >= 4 is 87.7 Å². The molecule has 0 unspecified atom stereocenters. The molecule has 0 radical (unpaired) electrons. The van der Waals surface area contributed by atoms with E-state index in [9.17, 15) is 14.4 Å². The lowest BCUT2D eigenvalue weighted by Crippen LogP contribution is -2.78. The highest BCUT2D eigenvalue weighted by molar-refractivity contribution is 6.68. The molecule has 1 aromatic rings. The van der Waals surface area contributed by atoms with E-state index < -0.39 is 44.4 Å². The molecular weight excluding hydrogens is 525 g/mol. The Hall–Kier alpha value is -0.830. The molecule has 30 heavy (non-hydrogen) atoms. The number of hydrogen-bond acceptors (Lipinski definition) is 5. The first-order valence-electron chi connectivity index (χ1n) is 8.42. The van der Waals surface area contributed by atoms with Gasteiger partial charge in [0.2, 0.25) is 7.59 Å². The van der Waals surface area contributed by atoms with E-state index in [-0.39, 0.29) is 6.42 Å². The zero-order valence-corrected chi connectivity index (χ0v) is 20.2. The van der Waals surface area contributed by atoms with E-state index in [2.05, 4.69) is 0 Å². The predicted molar refractivity (Wildman–Crippen MR) is 115 cm³/mol.